The maximum Gasteiger partial charge on any atom is 0.242 e. The molecule has 0 aliphatic heterocycles. The number of nitrogens with zero attached hydrogens (tertiary/aromatic N) is 1. The summed E-state index contributed by atoms with van der Waals surface area (Å²) < 4.78 is 5.13. The Hall–Kier alpha value is -2.22. The Morgan fingerprint density at radius 1 is 1.40 bits per heavy atom. The number of anilines is 1. The molecule has 0 saturated heterocycles. The predicted molar refractivity (Wildman–Crippen MR) is 78.6 cm³/mol. The molecule has 1 rings (SSSR count). The first-order valence-electron chi connectivity index (χ1n) is 6.60. The monoisotopic (exact) mass is 275 g/mol. The van der Waals surface area contributed by atoms with Gasteiger partial charge in [-0.05, 0) is 25.0 Å². The standard InChI is InChI=1S/C15H21N3O2/c1-10(2)9-17-15(19)11(3)18-14-7-13(20-4)6-5-12(14)8-16/h5-7,10-11,18H,9H2,1-4H3,(H,17,19). The number of nitrogens with one attached hydrogen (secondary N) is 2. The van der Waals surface area contributed by atoms with Crippen LogP contribution in [-0.2, 0) is 4.79 Å². The maximum atomic E-state index is 11.9. The largest absolute Gasteiger partial charge is 0.497 e. The van der Waals surface area contributed by atoms with Gasteiger partial charge < -0.3 is 15.4 Å². The van der Waals surface area contributed by atoms with Crippen LogP contribution in [0.3, 0.4) is 0 Å². The van der Waals surface area contributed by atoms with Crippen LogP contribution in [0.2, 0.25) is 0 Å². The lowest BCUT2D eigenvalue weighted by Crippen LogP contribution is -2.39. The summed E-state index contributed by atoms with van der Waals surface area (Å²) in [7, 11) is 1.56. The topological polar surface area (TPSA) is 74.1 Å². The van der Waals surface area contributed by atoms with Crippen molar-refractivity contribution in [2.75, 3.05) is 19.0 Å². The highest BCUT2D eigenvalue weighted by atomic mass is 16.5. The summed E-state index contributed by atoms with van der Waals surface area (Å²) in [5, 5.41) is 15.0. The lowest BCUT2D eigenvalue weighted by molar-refractivity contribution is -0.121. The van der Waals surface area contributed by atoms with Gasteiger partial charge in [0.1, 0.15) is 17.9 Å². The number of hydrogen-bond acceptors (Lipinski definition) is 4. The van der Waals surface area contributed by atoms with E-state index in [4.69, 9.17) is 10.00 Å². The predicted octanol–water partition coefficient (Wildman–Crippen LogP) is 2.14. The molecule has 20 heavy (non-hydrogen) atoms. The quantitative estimate of drug-likeness (QED) is 0.834. The Morgan fingerprint density at radius 2 is 2.10 bits per heavy atom. The van der Waals surface area contributed by atoms with Crippen LogP contribution in [0, 0.1) is 17.2 Å². The van der Waals surface area contributed by atoms with Crippen molar-refractivity contribution in [3.8, 4) is 11.8 Å². The van der Waals surface area contributed by atoms with Gasteiger partial charge in [-0.2, -0.15) is 5.26 Å². The van der Waals surface area contributed by atoms with Crippen molar-refractivity contribution in [3.05, 3.63) is 23.8 Å². The van der Waals surface area contributed by atoms with E-state index < -0.39 is 6.04 Å². The van der Waals surface area contributed by atoms with E-state index in [1.54, 1.807) is 32.2 Å². The summed E-state index contributed by atoms with van der Waals surface area (Å²) >= 11 is 0. The SMILES string of the molecule is COc1ccc(C#N)c(NC(C)C(=O)NCC(C)C)c1. The van der Waals surface area contributed by atoms with E-state index in [0.717, 1.165) is 0 Å². The van der Waals surface area contributed by atoms with Crippen molar-refractivity contribution in [2.45, 2.75) is 26.8 Å². The molecule has 0 saturated carbocycles. The third kappa shape index (κ3) is 4.47. The molecule has 0 aliphatic rings. The minimum atomic E-state index is -0.423. The molecule has 5 nitrogen and oxygen atoms in total. The maximum absolute atomic E-state index is 11.9. The number of amides is 1. The summed E-state index contributed by atoms with van der Waals surface area (Å²) in [4.78, 5) is 11.9. The van der Waals surface area contributed by atoms with E-state index in [0.29, 0.717) is 29.5 Å². The van der Waals surface area contributed by atoms with Gasteiger partial charge in [-0.15, -0.1) is 0 Å². The van der Waals surface area contributed by atoms with Crippen LogP contribution in [0.1, 0.15) is 26.3 Å². The van der Waals surface area contributed by atoms with Gasteiger partial charge in [0, 0.05) is 12.6 Å². The molecule has 2 N–H and O–H groups in total. The van der Waals surface area contributed by atoms with E-state index in [-0.39, 0.29) is 5.91 Å². The van der Waals surface area contributed by atoms with Gasteiger partial charge in [0.15, 0.2) is 0 Å². The molecule has 0 aliphatic carbocycles. The van der Waals surface area contributed by atoms with E-state index in [1.165, 1.54) is 0 Å². The van der Waals surface area contributed by atoms with Crippen LogP contribution >= 0.6 is 0 Å². The zero-order valence-electron chi connectivity index (χ0n) is 12.4. The van der Waals surface area contributed by atoms with Crippen molar-refractivity contribution in [2.24, 2.45) is 5.92 Å². The van der Waals surface area contributed by atoms with E-state index in [1.807, 2.05) is 13.8 Å². The second-order valence-electron chi connectivity index (χ2n) is 5.03. The molecule has 0 fully saturated rings. The molecule has 0 aromatic heterocycles. The van der Waals surface area contributed by atoms with Crippen LogP contribution < -0.4 is 15.4 Å². The summed E-state index contributed by atoms with van der Waals surface area (Å²) in [5.41, 5.74) is 1.08. The molecule has 0 spiro atoms. The number of carbonyl (C=O) groups is 1. The summed E-state index contributed by atoms with van der Waals surface area (Å²) in [6.45, 7) is 6.47. The van der Waals surface area contributed by atoms with Crippen LogP contribution in [-0.4, -0.2) is 25.6 Å². The molecule has 108 valence electrons. The highest BCUT2D eigenvalue weighted by Gasteiger charge is 2.14. The van der Waals surface area contributed by atoms with Gasteiger partial charge in [-0.25, -0.2) is 0 Å². The van der Waals surface area contributed by atoms with Crippen molar-refractivity contribution < 1.29 is 9.53 Å². The zero-order valence-corrected chi connectivity index (χ0v) is 12.4. The Kier molecular flexibility index (Phi) is 5.85. The fraction of sp³-hybridized carbons (Fsp3) is 0.467. The number of nitriles is 1. The molecule has 0 bridgehead atoms. The van der Waals surface area contributed by atoms with Gasteiger partial charge in [-0.1, -0.05) is 13.8 Å². The molecule has 0 radical (unpaired) electrons. The first kappa shape index (κ1) is 15.8. The Labute approximate surface area is 119 Å². The van der Waals surface area contributed by atoms with Crippen LogP contribution in [0.4, 0.5) is 5.69 Å². The fourth-order valence-electron chi connectivity index (χ4n) is 1.62. The van der Waals surface area contributed by atoms with Crippen molar-refractivity contribution >= 4 is 11.6 Å². The average molecular weight is 275 g/mol. The first-order chi connectivity index (χ1) is 9.47. The molecule has 1 unspecified atom stereocenters. The Bertz CT molecular complexity index is 506. The molecule has 0 heterocycles. The van der Waals surface area contributed by atoms with Crippen LogP contribution in [0.15, 0.2) is 18.2 Å². The number of methoxy groups -OCH3 is 1. The molecule has 1 aromatic rings. The highest BCUT2D eigenvalue weighted by Crippen LogP contribution is 2.22. The van der Waals surface area contributed by atoms with Gasteiger partial charge in [0.2, 0.25) is 5.91 Å². The normalized spacial score (nSPS) is 11.6. The Balaban J connectivity index is 2.76. The summed E-state index contributed by atoms with van der Waals surface area (Å²) in [6.07, 6.45) is 0. The number of hydrogen-bond donors (Lipinski definition) is 2. The molecule has 5 heteroatoms. The highest BCUT2D eigenvalue weighted by molar-refractivity contribution is 5.84. The number of carbonyl (C=O) groups excluding carboxylic acids is 1. The zero-order chi connectivity index (χ0) is 15.1. The van der Waals surface area contributed by atoms with Crippen molar-refractivity contribution in [3.63, 3.8) is 0 Å². The van der Waals surface area contributed by atoms with Gasteiger partial charge in [0.25, 0.3) is 0 Å². The number of ether oxygens (including phenoxy) is 1. The molecular formula is C15H21N3O2. The lowest BCUT2D eigenvalue weighted by Gasteiger charge is -2.17. The summed E-state index contributed by atoms with van der Waals surface area (Å²) in [6, 6.07) is 6.76. The van der Waals surface area contributed by atoms with Gasteiger partial charge >= 0.3 is 0 Å². The summed E-state index contributed by atoms with van der Waals surface area (Å²) in [5.74, 6) is 0.948. The smallest absolute Gasteiger partial charge is 0.242 e. The van der Waals surface area contributed by atoms with Crippen molar-refractivity contribution in [1.29, 1.82) is 5.26 Å². The first-order valence-corrected chi connectivity index (χ1v) is 6.60. The van der Waals surface area contributed by atoms with Crippen molar-refractivity contribution in [1.82, 2.24) is 5.32 Å². The molecule has 1 amide bonds. The third-order valence-electron chi connectivity index (χ3n) is 2.80. The molecule has 1 atom stereocenters. The van der Waals surface area contributed by atoms with Crippen LogP contribution in [0.25, 0.3) is 0 Å². The minimum absolute atomic E-state index is 0.0922. The van der Waals surface area contributed by atoms with E-state index in [2.05, 4.69) is 16.7 Å². The van der Waals surface area contributed by atoms with E-state index >= 15 is 0 Å². The van der Waals surface area contributed by atoms with Gasteiger partial charge in [0.05, 0.1) is 18.4 Å². The average Bonchev–Trinajstić information content (AvgIpc) is 2.44. The van der Waals surface area contributed by atoms with Crippen LogP contribution in [0.5, 0.6) is 5.75 Å². The second-order valence-corrected chi connectivity index (χ2v) is 5.03. The molecule has 1 aromatic carbocycles. The number of benzene rings is 1. The third-order valence-corrected chi connectivity index (χ3v) is 2.80. The lowest BCUT2D eigenvalue weighted by atomic mass is 10.1. The minimum Gasteiger partial charge on any atom is -0.497 e. The fourth-order valence-corrected chi connectivity index (χ4v) is 1.62. The van der Waals surface area contributed by atoms with Gasteiger partial charge in [-0.3, -0.25) is 4.79 Å². The van der Waals surface area contributed by atoms with E-state index in [9.17, 15) is 4.79 Å². The second kappa shape index (κ2) is 7.39. The Morgan fingerprint density at radius 3 is 2.65 bits per heavy atom. The molecular weight excluding hydrogens is 254 g/mol. The number of rotatable bonds is 6.